The van der Waals surface area contributed by atoms with Crippen LogP contribution in [0.25, 0.3) is 10.9 Å². The molecule has 6 heteroatoms. The van der Waals surface area contributed by atoms with Crippen LogP contribution in [0.1, 0.15) is 37.4 Å². The van der Waals surface area contributed by atoms with Crippen molar-refractivity contribution in [1.29, 1.82) is 0 Å². The number of aromatic nitrogens is 1. The molecule has 0 saturated heterocycles. The summed E-state index contributed by atoms with van der Waals surface area (Å²) >= 11 is 0. The Morgan fingerprint density at radius 2 is 1.91 bits per heavy atom. The van der Waals surface area contributed by atoms with Gasteiger partial charge in [0.05, 0.1) is 5.52 Å². The molecule has 0 aliphatic carbocycles. The van der Waals surface area contributed by atoms with Gasteiger partial charge < -0.3 is 10.4 Å². The van der Waals surface area contributed by atoms with E-state index >= 15 is 0 Å². The molecule has 1 aromatic carbocycles. The number of amides is 1. The number of aliphatic carboxylic acids is 1. The van der Waals surface area contributed by atoms with Gasteiger partial charge >= 0.3 is 5.97 Å². The zero-order chi connectivity index (χ0) is 16.8. The number of nitrogens with zero attached hydrogens (tertiary/aromatic N) is 1. The molecular weight excluding hydrogens is 296 g/mol. The van der Waals surface area contributed by atoms with Crippen LogP contribution in [0.2, 0.25) is 0 Å². The number of carboxylic acid groups (broad SMARTS) is 1. The van der Waals surface area contributed by atoms with Crippen LogP contribution in [0.5, 0.6) is 0 Å². The minimum absolute atomic E-state index is 0.0289. The Morgan fingerprint density at radius 3 is 2.61 bits per heavy atom. The van der Waals surface area contributed by atoms with Crippen LogP contribution in [0.4, 0.5) is 0 Å². The SMILES string of the molecule is CCCC(NC(=O)CCC(=O)n1ccc2ccccc21)C(=O)O. The van der Waals surface area contributed by atoms with E-state index in [2.05, 4.69) is 5.32 Å². The average molecular weight is 316 g/mol. The molecule has 0 spiro atoms. The Morgan fingerprint density at radius 1 is 1.17 bits per heavy atom. The molecule has 0 aliphatic heterocycles. The largest absolute Gasteiger partial charge is 0.480 e. The van der Waals surface area contributed by atoms with Crippen molar-refractivity contribution in [3.05, 3.63) is 36.5 Å². The Kier molecular flexibility index (Phi) is 5.51. The number of benzene rings is 1. The fraction of sp³-hybridized carbons (Fsp3) is 0.353. The monoisotopic (exact) mass is 316 g/mol. The highest BCUT2D eigenvalue weighted by Gasteiger charge is 2.19. The highest BCUT2D eigenvalue weighted by molar-refractivity contribution is 5.94. The van der Waals surface area contributed by atoms with E-state index in [-0.39, 0.29) is 18.7 Å². The molecule has 1 unspecified atom stereocenters. The highest BCUT2D eigenvalue weighted by Crippen LogP contribution is 2.15. The van der Waals surface area contributed by atoms with Crippen LogP contribution < -0.4 is 5.32 Å². The molecule has 2 aromatic rings. The van der Waals surface area contributed by atoms with Gasteiger partial charge in [-0.25, -0.2) is 4.79 Å². The number of carbonyl (C=O) groups excluding carboxylic acids is 2. The molecular formula is C17H20N2O4. The van der Waals surface area contributed by atoms with Crippen molar-refractivity contribution in [1.82, 2.24) is 9.88 Å². The number of carbonyl (C=O) groups is 3. The van der Waals surface area contributed by atoms with Crippen LogP contribution >= 0.6 is 0 Å². The smallest absolute Gasteiger partial charge is 0.326 e. The summed E-state index contributed by atoms with van der Waals surface area (Å²) < 4.78 is 1.52. The molecule has 1 heterocycles. The fourth-order valence-corrected chi connectivity index (χ4v) is 2.45. The quantitative estimate of drug-likeness (QED) is 0.821. The molecule has 0 bridgehead atoms. The molecule has 6 nitrogen and oxygen atoms in total. The lowest BCUT2D eigenvalue weighted by atomic mass is 10.1. The maximum atomic E-state index is 12.2. The summed E-state index contributed by atoms with van der Waals surface area (Å²) in [7, 11) is 0. The molecule has 122 valence electrons. The first-order valence-corrected chi connectivity index (χ1v) is 7.64. The Balaban J connectivity index is 1.93. The van der Waals surface area contributed by atoms with Crippen LogP contribution in [0, 0.1) is 0 Å². The lowest BCUT2D eigenvalue weighted by Gasteiger charge is -2.13. The van der Waals surface area contributed by atoms with E-state index in [1.165, 1.54) is 4.57 Å². The van der Waals surface area contributed by atoms with Crippen molar-refractivity contribution >= 4 is 28.7 Å². The molecule has 0 aliphatic rings. The van der Waals surface area contributed by atoms with Crippen molar-refractivity contribution in [3.63, 3.8) is 0 Å². The first-order chi connectivity index (χ1) is 11.0. The zero-order valence-corrected chi connectivity index (χ0v) is 13.0. The molecule has 1 amide bonds. The topological polar surface area (TPSA) is 88.4 Å². The number of fused-ring (bicyclic) bond motifs is 1. The Hall–Kier alpha value is -2.63. The Labute approximate surface area is 134 Å². The van der Waals surface area contributed by atoms with Crippen molar-refractivity contribution < 1.29 is 19.5 Å². The van der Waals surface area contributed by atoms with E-state index in [4.69, 9.17) is 5.11 Å². The standard InChI is InChI=1S/C17H20N2O4/c1-2-5-13(17(22)23)18-15(20)8-9-16(21)19-11-10-12-6-3-4-7-14(12)19/h3-4,6-7,10-11,13H,2,5,8-9H2,1H3,(H,18,20)(H,22,23). The van der Waals surface area contributed by atoms with Crippen molar-refractivity contribution in [3.8, 4) is 0 Å². The second-order valence-electron chi connectivity index (χ2n) is 5.39. The summed E-state index contributed by atoms with van der Waals surface area (Å²) in [5, 5.41) is 12.4. The third-order valence-electron chi connectivity index (χ3n) is 3.64. The second kappa shape index (κ2) is 7.58. The van der Waals surface area contributed by atoms with E-state index in [9.17, 15) is 14.4 Å². The summed E-state index contributed by atoms with van der Waals surface area (Å²) in [6.07, 6.45) is 2.71. The number of hydrogen-bond donors (Lipinski definition) is 2. The van der Waals surface area contributed by atoms with Gasteiger partial charge in [0.25, 0.3) is 0 Å². The number of para-hydroxylation sites is 1. The molecule has 0 radical (unpaired) electrons. The van der Waals surface area contributed by atoms with Crippen LogP contribution in [-0.4, -0.2) is 33.5 Å². The van der Waals surface area contributed by atoms with Gasteiger partial charge in [-0.2, -0.15) is 0 Å². The van der Waals surface area contributed by atoms with Gasteiger partial charge in [0.1, 0.15) is 6.04 Å². The maximum Gasteiger partial charge on any atom is 0.326 e. The van der Waals surface area contributed by atoms with Gasteiger partial charge in [0, 0.05) is 24.4 Å². The van der Waals surface area contributed by atoms with E-state index in [1.807, 2.05) is 37.3 Å². The predicted molar refractivity (Wildman–Crippen MR) is 86.3 cm³/mol. The second-order valence-corrected chi connectivity index (χ2v) is 5.39. The number of nitrogens with one attached hydrogen (secondary N) is 1. The van der Waals surface area contributed by atoms with Crippen molar-refractivity contribution in [2.24, 2.45) is 0 Å². The van der Waals surface area contributed by atoms with Gasteiger partial charge in [0.2, 0.25) is 11.8 Å². The minimum atomic E-state index is -1.05. The molecule has 0 fully saturated rings. The van der Waals surface area contributed by atoms with Gasteiger partial charge in [-0.3, -0.25) is 14.2 Å². The van der Waals surface area contributed by atoms with Crippen LogP contribution in [-0.2, 0) is 9.59 Å². The molecule has 2 rings (SSSR count). The Bertz CT molecular complexity index is 720. The first kappa shape index (κ1) is 16.7. The van der Waals surface area contributed by atoms with E-state index < -0.39 is 17.9 Å². The van der Waals surface area contributed by atoms with Gasteiger partial charge in [-0.05, 0) is 18.6 Å². The number of carboxylic acids is 1. The summed E-state index contributed by atoms with van der Waals surface area (Å²) in [6, 6.07) is 8.44. The minimum Gasteiger partial charge on any atom is -0.480 e. The van der Waals surface area contributed by atoms with E-state index in [1.54, 1.807) is 6.20 Å². The molecule has 0 saturated carbocycles. The summed E-state index contributed by atoms with van der Waals surface area (Å²) in [4.78, 5) is 35.1. The fourth-order valence-electron chi connectivity index (χ4n) is 2.45. The zero-order valence-electron chi connectivity index (χ0n) is 13.0. The summed E-state index contributed by atoms with van der Waals surface area (Å²) in [5.74, 6) is -1.66. The number of rotatable bonds is 7. The van der Waals surface area contributed by atoms with Crippen LogP contribution in [0.15, 0.2) is 36.5 Å². The third kappa shape index (κ3) is 4.18. The molecule has 1 aromatic heterocycles. The van der Waals surface area contributed by atoms with Gasteiger partial charge in [0.15, 0.2) is 0 Å². The molecule has 2 N–H and O–H groups in total. The lowest BCUT2D eigenvalue weighted by Crippen LogP contribution is -2.40. The first-order valence-electron chi connectivity index (χ1n) is 7.64. The van der Waals surface area contributed by atoms with Gasteiger partial charge in [-0.15, -0.1) is 0 Å². The summed E-state index contributed by atoms with van der Waals surface area (Å²) in [6.45, 7) is 1.85. The van der Waals surface area contributed by atoms with Crippen molar-refractivity contribution in [2.75, 3.05) is 0 Å². The molecule has 23 heavy (non-hydrogen) atoms. The lowest BCUT2D eigenvalue weighted by molar-refractivity contribution is -0.142. The van der Waals surface area contributed by atoms with Crippen molar-refractivity contribution in [2.45, 2.75) is 38.6 Å². The van der Waals surface area contributed by atoms with Crippen LogP contribution in [0.3, 0.4) is 0 Å². The normalized spacial score (nSPS) is 12.0. The molecule has 1 atom stereocenters. The predicted octanol–water partition coefficient (Wildman–Crippen LogP) is 2.43. The number of hydrogen-bond acceptors (Lipinski definition) is 3. The third-order valence-corrected chi connectivity index (χ3v) is 3.64. The average Bonchev–Trinajstić information content (AvgIpc) is 2.96. The highest BCUT2D eigenvalue weighted by atomic mass is 16.4. The van der Waals surface area contributed by atoms with E-state index in [0.29, 0.717) is 12.8 Å². The maximum absolute atomic E-state index is 12.2. The van der Waals surface area contributed by atoms with Gasteiger partial charge in [-0.1, -0.05) is 31.5 Å². The van der Waals surface area contributed by atoms with E-state index in [0.717, 1.165) is 10.9 Å². The summed E-state index contributed by atoms with van der Waals surface area (Å²) in [5.41, 5.74) is 0.798.